The highest BCUT2D eigenvalue weighted by atomic mass is 16.5. The van der Waals surface area contributed by atoms with Crippen molar-refractivity contribution in [3.05, 3.63) is 0 Å². The first-order chi connectivity index (χ1) is 6.34. The van der Waals surface area contributed by atoms with Crippen molar-refractivity contribution in [1.29, 1.82) is 0 Å². The number of aliphatic hydroxyl groups excluding tert-OH is 1. The van der Waals surface area contributed by atoms with E-state index in [1.54, 1.807) is 0 Å². The molecule has 2 nitrogen and oxygen atoms in total. The summed E-state index contributed by atoms with van der Waals surface area (Å²) in [5.74, 6) is 0.550. The molecular formula is C11H22O2. The van der Waals surface area contributed by atoms with Gasteiger partial charge in [0, 0.05) is 13.2 Å². The average Bonchev–Trinajstić information content (AvgIpc) is 2.19. The molecule has 2 heteroatoms. The highest BCUT2D eigenvalue weighted by molar-refractivity contribution is 4.72. The minimum atomic E-state index is -0.119. The van der Waals surface area contributed by atoms with Gasteiger partial charge in [-0.05, 0) is 32.1 Å². The molecule has 1 rings (SSSR count). The number of ether oxygens (including phenoxy) is 1. The van der Waals surface area contributed by atoms with Crippen LogP contribution in [0.25, 0.3) is 0 Å². The van der Waals surface area contributed by atoms with Gasteiger partial charge in [0.15, 0.2) is 0 Å². The zero-order chi connectivity index (χ0) is 9.52. The Morgan fingerprint density at radius 1 is 1.31 bits per heavy atom. The number of rotatable bonds is 5. The third kappa shape index (κ3) is 4.10. The lowest BCUT2D eigenvalue weighted by atomic mass is 9.84. The van der Waals surface area contributed by atoms with Crippen LogP contribution in [-0.4, -0.2) is 24.4 Å². The molecule has 1 N–H and O–H groups in total. The van der Waals surface area contributed by atoms with Crippen LogP contribution in [0, 0.1) is 5.92 Å². The lowest BCUT2D eigenvalue weighted by Gasteiger charge is -2.26. The molecule has 1 aliphatic rings. The highest BCUT2D eigenvalue weighted by Crippen LogP contribution is 2.27. The SMILES string of the molecule is CCOCCC(O)C1CCCCC1. The first-order valence-electron chi connectivity index (χ1n) is 5.60. The minimum absolute atomic E-state index is 0.119. The second-order valence-electron chi connectivity index (χ2n) is 3.95. The van der Waals surface area contributed by atoms with Crippen molar-refractivity contribution in [3.8, 4) is 0 Å². The number of aliphatic hydroxyl groups is 1. The molecule has 1 unspecified atom stereocenters. The third-order valence-corrected chi connectivity index (χ3v) is 2.96. The maximum Gasteiger partial charge on any atom is 0.0590 e. The fraction of sp³-hybridized carbons (Fsp3) is 1.00. The van der Waals surface area contributed by atoms with E-state index in [2.05, 4.69) is 0 Å². The minimum Gasteiger partial charge on any atom is -0.393 e. The van der Waals surface area contributed by atoms with Crippen molar-refractivity contribution in [2.45, 2.75) is 51.6 Å². The Kier molecular flexibility index (Phi) is 5.40. The zero-order valence-electron chi connectivity index (χ0n) is 8.67. The molecule has 0 aromatic rings. The summed E-state index contributed by atoms with van der Waals surface area (Å²) < 4.78 is 5.23. The van der Waals surface area contributed by atoms with Crippen LogP contribution in [0.2, 0.25) is 0 Å². The van der Waals surface area contributed by atoms with E-state index in [0.29, 0.717) is 12.5 Å². The Bertz CT molecular complexity index is 119. The molecule has 0 aromatic heterocycles. The van der Waals surface area contributed by atoms with E-state index in [4.69, 9.17) is 4.74 Å². The Labute approximate surface area is 81.3 Å². The van der Waals surface area contributed by atoms with Crippen molar-refractivity contribution in [2.24, 2.45) is 5.92 Å². The summed E-state index contributed by atoms with van der Waals surface area (Å²) in [5, 5.41) is 9.82. The molecule has 13 heavy (non-hydrogen) atoms. The van der Waals surface area contributed by atoms with Gasteiger partial charge < -0.3 is 9.84 Å². The second-order valence-corrected chi connectivity index (χ2v) is 3.95. The van der Waals surface area contributed by atoms with E-state index in [0.717, 1.165) is 13.0 Å². The molecule has 0 aliphatic heterocycles. The predicted octanol–water partition coefficient (Wildman–Crippen LogP) is 2.35. The van der Waals surface area contributed by atoms with E-state index in [1.165, 1.54) is 32.1 Å². The Morgan fingerprint density at radius 3 is 2.62 bits per heavy atom. The molecule has 78 valence electrons. The highest BCUT2D eigenvalue weighted by Gasteiger charge is 2.20. The summed E-state index contributed by atoms with van der Waals surface area (Å²) in [5.41, 5.74) is 0. The van der Waals surface area contributed by atoms with Crippen LogP contribution in [0.3, 0.4) is 0 Å². The van der Waals surface area contributed by atoms with Crippen molar-refractivity contribution >= 4 is 0 Å². The van der Waals surface area contributed by atoms with Gasteiger partial charge in [-0.1, -0.05) is 19.3 Å². The van der Waals surface area contributed by atoms with Gasteiger partial charge in [0.1, 0.15) is 0 Å². The Hall–Kier alpha value is -0.0800. The van der Waals surface area contributed by atoms with Gasteiger partial charge in [-0.2, -0.15) is 0 Å². The Balaban J connectivity index is 2.09. The van der Waals surface area contributed by atoms with Crippen molar-refractivity contribution in [1.82, 2.24) is 0 Å². The average molecular weight is 186 g/mol. The van der Waals surface area contributed by atoms with E-state index in [9.17, 15) is 5.11 Å². The lowest BCUT2D eigenvalue weighted by Crippen LogP contribution is -2.24. The van der Waals surface area contributed by atoms with Gasteiger partial charge in [0.25, 0.3) is 0 Å². The third-order valence-electron chi connectivity index (χ3n) is 2.96. The molecular weight excluding hydrogens is 164 g/mol. The zero-order valence-corrected chi connectivity index (χ0v) is 8.67. The van der Waals surface area contributed by atoms with Crippen LogP contribution in [0.15, 0.2) is 0 Å². The number of hydrogen-bond donors (Lipinski definition) is 1. The van der Waals surface area contributed by atoms with Gasteiger partial charge in [0.2, 0.25) is 0 Å². The largest absolute Gasteiger partial charge is 0.393 e. The molecule has 0 radical (unpaired) electrons. The molecule has 0 bridgehead atoms. The maximum absolute atomic E-state index is 9.82. The quantitative estimate of drug-likeness (QED) is 0.668. The lowest BCUT2D eigenvalue weighted by molar-refractivity contribution is 0.0418. The van der Waals surface area contributed by atoms with Crippen LogP contribution in [0.5, 0.6) is 0 Å². The molecule has 0 amide bonds. The predicted molar refractivity (Wildman–Crippen MR) is 53.7 cm³/mol. The van der Waals surface area contributed by atoms with Crippen molar-refractivity contribution in [2.75, 3.05) is 13.2 Å². The summed E-state index contributed by atoms with van der Waals surface area (Å²) in [6.45, 7) is 3.47. The molecule has 0 saturated heterocycles. The normalized spacial score (nSPS) is 21.7. The molecule has 1 aliphatic carbocycles. The molecule has 0 heterocycles. The van der Waals surface area contributed by atoms with Crippen LogP contribution in [-0.2, 0) is 4.74 Å². The fourth-order valence-corrected chi connectivity index (χ4v) is 2.10. The van der Waals surface area contributed by atoms with Crippen molar-refractivity contribution in [3.63, 3.8) is 0 Å². The fourth-order valence-electron chi connectivity index (χ4n) is 2.10. The molecule has 1 saturated carbocycles. The van der Waals surface area contributed by atoms with Crippen LogP contribution >= 0.6 is 0 Å². The second kappa shape index (κ2) is 6.39. The smallest absolute Gasteiger partial charge is 0.0590 e. The van der Waals surface area contributed by atoms with Gasteiger partial charge in [0.05, 0.1) is 6.10 Å². The number of hydrogen-bond acceptors (Lipinski definition) is 2. The van der Waals surface area contributed by atoms with E-state index < -0.39 is 0 Å². The van der Waals surface area contributed by atoms with Crippen LogP contribution < -0.4 is 0 Å². The van der Waals surface area contributed by atoms with Crippen LogP contribution in [0.4, 0.5) is 0 Å². The van der Waals surface area contributed by atoms with Crippen molar-refractivity contribution < 1.29 is 9.84 Å². The molecule has 1 fully saturated rings. The van der Waals surface area contributed by atoms with E-state index >= 15 is 0 Å². The standard InChI is InChI=1S/C11H22O2/c1-2-13-9-8-11(12)10-6-4-3-5-7-10/h10-12H,2-9H2,1H3. The summed E-state index contributed by atoms with van der Waals surface area (Å²) in [7, 11) is 0. The van der Waals surface area contributed by atoms with Gasteiger partial charge in [-0.25, -0.2) is 0 Å². The van der Waals surface area contributed by atoms with Gasteiger partial charge >= 0.3 is 0 Å². The topological polar surface area (TPSA) is 29.5 Å². The van der Waals surface area contributed by atoms with E-state index in [1.807, 2.05) is 6.92 Å². The molecule has 0 spiro atoms. The van der Waals surface area contributed by atoms with E-state index in [-0.39, 0.29) is 6.10 Å². The first kappa shape index (κ1) is 11.0. The summed E-state index contributed by atoms with van der Waals surface area (Å²) in [4.78, 5) is 0. The monoisotopic (exact) mass is 186 g/mol. The maximum atomic E-state index is 9.82. The molecule has 0 aromatic carbocycles. The molecule has 1 atom stereocenters. The summed E-state index contributed by atoms with van der Waals surface area (Å²) in [6, 6.07) is 0. The summed E-state index contributed by atoms with van der Waals surface area (Å²) in [6.07, 6.45) is 7.09. The summed E-state index contributed by atoms with van der Waals surface area (Å²) >= 11 is 0. The van der Waals surface area contributed by atoms with Gasteiger partial charge in [-0.15, -0.1) is 0 Å². The van der Waals surface area contributed by atoms with Crippen LogP contribution in [0.1, 0.15) is 45.4 Å². The van der Waals surface area contributed by atoms with Gasteiger partial charge in [-0.3, -0.25) is 0 Å². The Morgan fingerprint density at radius 2 is 2.00 bits per heavy atom. The first-order valence-corrected chi connectivity index (χ1v) is 5.60.